The highest BCUT2D eigenvalue weighted by molar-refractivity contribution is 5.76. The summed E-state index contributed by atoms with van der Waals surface area (Å²) >= 11 is 0. The molecule has 0 aromatic rings. The third kappa shape index (κ3) is 21.8. The van der Waals surface area contributed by atoms with Gasteiger partial charge in [0.05, 0.1) is 25.4 Å². The summed E-state index contributed by atoms with van der Waals surface area (Å²) in [5, 5.41) is 54.0. The monoisotopic (exact) mass is 674 g/mol. The Morgan fingerprint density at radius 2 is 1.06 bits per heavy atom. The van der Waals surface area contributed by atoms with Gasteiger partial charge in [-0.2, -0.15) is 0 Å². The number of amides is 1. The van der Waals surface area contributed by atoms with E-state index in [0.29, 0.717) is 12.8 Å². The first-order valence-corrected chi connectivity index (χ1v) is 19.7. The van der Waals surface area contributed by atoms with Crippen molar-refractivity contribution in [2.75, 3.05) is 13.2 Å². The molecule has 1 fully saturated rings. The second-order valence-electron chi connectivity index (χ2n) is 14.1. The first-order chi connectivity index (χ1) is 22.8. The summed E-state index contributed by atoms with van der Waals surface area (Å²) in [6, 6.07) is -0.708. The highest BCUT2D eigenvalue weighted by Crippen LogP contribution is 2.23. The fourth-order valence-electron chi connectivity index (χ4n) is 6.45. The van der Waals surface area contributed by atoms with E-state index in [-0.39, 0.29) is 12.5 Å². The molecular formula is C38H75NO8. The summed E-state index contributed by atoms with van der Waals surface area (Å²) < 4.78 is 11.2. The van der Waals surface area contributed by atoms with Crippen LogP contribution in [-0.4, -0.2) is 87.5 Å². The standard InChI is InChI=1S/C38H75NO8/c1-3-5-7-9-11-13-15-16-17-18-20-22-24-26-28-34(42)39-31(30-46-38-37(45)36(44)35(43)33(29-40)47-38)32(41)27-25-23-21-19-14-12-10-8-6-4-2/h31-33,35-38,40-41,43-45H,3-30H2,1-2H3,(H,39,42)/t31-,32+,33+,35-,36?,37?,38+/m0/s1. The van der Waals surface area contributed by atoms with Crippen LogP contribution in [0.4, 0.5) is 0 Å². The molecule has 6 N–H and O–H groups in total. The van der Waals surface area contributed by atoms with Crippen molar-refractivity contribution >= 4 is 5.91 Å². The van der Waals surface area contributed by atoms with Crippen LogP contribution in [0.25, 0.3) is 0 Å². The smallest absolute Gasteiger partial charge is 0.220 e. The number of rotatable bonds is 32. The van der Waals surface area contributed by atoms with Crippen molar-refractivity contribution in [3.63, 3.8) is 0 Å². The minimum atomic E-state index is -1.55. The number of aliphatic hydroxyl groups excluding tert-OH is 5. The van der Waals surface area contributed by atoms with Gasteiger partial charge in [0.2, 0.25) is 5.91 Å². The van der Waals surface area contributed by atoms with Gasteiger partial charge in [0.15, 0.2) is 6.29 Å². The zero-order valence-electron chi connectivity index (χ0n) is 30.3. The number of hydrogen-bond donors (Lipinski definition) is 6. The molecule has 47 heavy (non-hydrogen) atoms. The van der Waals surface area contributed by atoms with E-state index in [2.05, 4.69) is 19.2 Å². The van der Waals surface area contributed by atoms with Gasteiger partial charge in [0.1, 0.15) is 24.4 Å². The lowest BCUT2D eigenvalue weighted by molar-refractivity contribution is -0.302. The van der Waals surface area contributed by atoms with Crippen molar-refractivity contribution < 1.29 is 39.8 Å². The molecule has 0 saturated carbocycles. The van der Waals surface area contributed by atoms with Crippen LogP contribution in [0.5, 0.6) is 0 Å². The van der Waals surface area contributed by atoms with Crippen LogP contribution in [0.15, 0.2) is 0 Å². The lowest BCUT2D eigenvalue weighted by atomic mass is 9.99. The van der Waals surface area contributed by atoms with Crippen molar-refractivity contribution in [3.8, 4) is 0 Å². The van der Waals surface area contributed by atoms with E-state index >= 15 is 0 Å². The molecule has 1 rings (SSSR count). The van der Waals surface area contributed by atoms with Crippen LogP contribution >= 0.6 is 0 Å². The molecule has 0 radical (unpaired) electrons. The van der Waals surface area contributed by atoms with Crippen LogP contribution in [0.2, 0.25) is 0 Å². The molecule has 0 spiro atoms. The van der Waals surface area contributed by atoms with E-state index in [1.165, 1.54) is 116 Å². The summed E-state index contributed by atoms with van der Waals surface area (Å²) in [6.45, 7) is 3.80. The van der Waals surface area contributed by atoms with Gasteiger partial charge in [0, 0.05) is 6.42 Å². The van der Waals surface area contributed by atoms with E-state index < -0.39 is 49.5 Å². The quantitative estimate of drug-likeness (QED) is 0.0426. The van der Waals surface area contributed by atoms with Gasteiger partial charge in [-0.25, -0.2) is 0 Å². The minimum absolute atomic E-state index is 0.133. The van der Waals surface area contributed by atoms with Gasteiger partial charge in [-0.3, -0.25) is 4.79 Å². The molecule has 1 saturated heterocycles. The summed E-state index contributed by atoms with van der Waals surface area (Å²) in [4.78, 5) is 12.9. The Hall–Kier alpha value is -0.810. The molecule has 1 heterocycles. The van der Waals surface area contributed by atoms with Crippen LogP contribution in [0, 0.1) is 0 Å². The molecule has 0 aliphatic carbocycles. The van der Waals surface area contributed by atoms with Crippen molar-refractivity contribution in [2.45, 2.75) is 224 Å². The van der Waals surface area contributed by atoms with E-state index in [4.69, 9.17) is 9.47 Å². The zero-order chi connectivity index (χ0) is 34.5. The number of hydrogen-bond acceptors (Lipinski definition) is 8. The second kappa shape index (κ2) is 30.1. The van der Waals surface area contributed by atoms with Crippen molar-refractivity contribution in [1.82, 2.24) is 5.32 Å². The molecule has 7 atom stereocenters. The molecule has 280 valence electrons. The molecule has 9 nitrogen and oxygen atoms in total. The number of carbonyl (C=O) groups excluding carboxylic acids is 1. The number of ether oxygens (including phenoxy) is 2. The first-order valence-electron chi connectivity index (χ1n) is 19.7. The summed E-state index contributed by atoms with van der Waals surface area (Å²) in [7, 11) is 0. The van der Waals surface area contributed by atoms with Gasteiger partial charge < -0.3 is 40.3 Å². The van der Waals surface area contributed by atoms with Crippen LogP contribution in [0.3, 0.4) is 0 Å². The molecule has 2 unspecified atom stereocenters. The van der Waals surface area contributed by atoms with Crippen LogP contribution in [0.1, 0.15) is 181 Å². The molecule has 1 amide bonds. The van der Waals surface area contributed by atoms with Gasteiger partial charge in [-0.05, 0) is 12.8 Å². The van der Waals surface area contributed by atoms with Crippen LogP contribution < -0.4 is 5.32 Å². The highest BCUT2D eigenvalue weighted by Gasteiger charge is 2.44. The number of nitrogens with one attached hydrogen (secondary N) is 1. The number of unbranched alkanes of at least 4 members (excludes halogenated alkanes) is 22. The average Bonchev–Trinajstić information content (AvgIpc) is 3.07. The Labute approximate surface area is 287 Å². The topological polar surface area (TPSA) is 149 Å². The van der Waals surface area contributed by atoms with Crippen LogP contribution in [-0.2, 0) is 14.3 Å². The Balaban J connectivity index is 2.39. The number of carbonyl (C=O) groups is 1. The fourth-order valence-corrected chi connectivity index (χ4v) is 6.45. The van der Waals surface area contributed by atoms with E-state index in [0.717, 1.165) is 38.5 Å². The Kier molecular flexibility index (Phi) is 28.3. The third-order valence-corrected chi connectivity index (χ3v) is 9.71. The zero-order valence-corrected chi connectivity index (χ0v) is 30.3. The van der Waals surface area contributed by atoms with Gasteiger partial charge >= 0.3 is 0 Å². The molecule has 1 aliphatic heterocycles. The Morgan fingerprint density at radius 3 is 1.51 bits per heavy atom. The predicted molar refractivity (Wildman–Crippen MR) is 189 cm³/mol. The SMILES string of the molecule is CCCCCCCCCCCCCCCCC(=O)N[C@@H](CO[C@@H]1O[C@H](CO)[C@H](O)C(O)C1O)[C@H](O)CCCCCCCCCCCC. The largest absolute Gasteiger partial charge is 0.394 e. The lowest BCUT2D eigenvalue weighted by Gasteiger charge is -2.40. The predicted octanol–water partition coefficient (Wildman–Crippen LogP) is 6.83. The third-order valence-electron chi connectivity index (χ3n) is 9.71. The maximum absolute atomic E-state index is 12.9. The van der Waals surface area contributed by atoms with E-state index in [1.54, 1.807) is 0 Å². The highest BCUT2D eigenvalue weighted by atomic mass is 16.7. The Morgan fingerprint density at radius 1 is 0.638 bits per heavy atom. The molecule has 9 heteroatoms. The minimum Gasteiger partial charge on any atom is -0.394 e. The Bertz CT molecular complexity index is 711. The molecule has 0 aromatic carbocycles. The van der Waals surface area contributed by atoms with Gasteiger partial charge in [0.25, 0.3) is 0 Å². The second-order valence-corrected chi connectivity index (χ2v) is 14.1. The van der Waals surface area contributed by atoms with E-state index in [9.17, 15) is 30.3 Å². The molecular weight excluding hydrogens is 598 g/mol. The first kappa shape index (κ1) is 44.2. The fraction of sp³-hybridized carbons (Fsp3) is 0.974. The summed E-state index contributed by atoms with van der Waals surface area (Å²) in [6.07, 6.45) is 22.5. The average molecular weight is 674 g/mol. The lowest BCUT2D eigenvalue weighted by Crippen LogP contribution is -2.60. The van der Waals surface area contributed by atoms with Crippen molar-refractivity contribution in [2.24, 2.45) is 0 Å². The van der Waals surface area contributed by atoms with Crippen molar-refractivity contribution in [1.29, 1.82) is 0 Å². The maximum atomic E-state index is 12.9. The summed E-state index contributed by atoms with van der Waals surface area (Å²) in [5.41, 5.74) is 0. The van der Waals surface area contributed by atoms with Crippen molar-refractivity contribution in [3.05, 3.63) is 0 Å². The van der Waals surface area contributed by atoms with Gasteiger partial charge in [-0.1, -0.05) is 162 Å². The molecule has 0 bridgehead atoms. The summed E-state index contributed by atoms with van der Waals surface area (Å²) in [5.74, 6) is -0.145. The molecule has 1 aliphatic rings. The maximum Gasteiger partial charge on any atom is 0.220 e. The number of aliphatic hydroxyl groups is 5. The van der Waals surface area contributed by atoms with E-state index in [1.807, 2.05) is 0 Å². The normalized spacial score (nSPS) is 22.7. The van der Waals surface area contributed by atoms with Gasteiger partial charge in [-0.15, -0.1) is 0 Å². The molecule has 0 aromatic heterocycles.